The highest BCUT2D eigenvalue weighted by Crippen LogP contribution is 2.34. The first-order chi connectivity index (χ1) is 9.20. The quantitative estimate of drug-likeness (QED) is 0.826. The highest BCUT2D eigenvalue weighted by Gasteiger charge is 2.33. The van der Waals surface area contributed by atoms with E-state index in [1.54, 1.807) is 7.11 Å². The summed E-state index contributed by atoms with van der Waals surface area (Å²) in [5.74, 6) is 0.988. The van der Waals surface area contributed by atoms with Crippen LogP contribution >= 0.6 is 0 Å². The molecule has 2 aliphatic rings. The van der Waals surface area contributed by atoms with Crippen LogP contribution in [-0.2, 0) is 9.53 Å². The van der Waals surface area contributed by atoms with Gasteiger partial charge in [-0.15, -0.1) is 0 Å². The van der Waals surface area contributed by atoms with E-state index in [9.17, 15) is 4.79 Å². The molecule has 1 saturated heterocycles. The molecule has 0 spiro atoms. The van der Waals surface area contributed by atoms with Crippen LogP contribution in [0, 0.1) is 5.92 Å². The fourth-order valence-electron chi connectivity index (χ4n) is 3.72. The van der Waals surface area contributed by atoms with Crippen LogP contribution in [0.1, 0.15) is 45.4 Å². The highest BCUT2D eigenvalue weighted by atomic mass is 16.5. The van der Waals surface area contributed by atoms with Crippen molar-refractivity contribution < 1.29 is 9.53 Å². The van der Waals surface area contributed by atoms with E-state index >= 15 is 0 Å². The van der Waals surface area contributed by atoms with Gasteiger partial charge in [-0.25, -0.2) is 0 Å². The molecule has 0 aromatic carbocycles. The molecule has 4 heteroatoms. The van der Waals surface area contributed by atoms with Gasteiger partial charge in [-0.3, -0.25) is 9.69 Å². The minimum Gasteiger partial charge on any atom is -0.383 e. The number of ether oxygens (including phenoxy) is 1. The van der Waals surface area contributed by atoms with Crippen molar-refractivity contribution in [2.24, 2.45) is 5.92 Å². The fourth-order valence-corrected chi connectivity index (χ4v) is 3.72. The van der Waals surface area contributed by atoms with Gasteiger partial charge in [-0.2, -0.15) is 0 Å². The van der Waals surface area contributed by atoms with Gasteiger partial charge in [0, 0.05) is 19.2 Å². The number of methoxy groups -OCH3 is 1. The molecule has 1 N–H and O–H groups in total. The van der Waals surface area contributed by atoms with Gasteiger partial charge in [0.1, 0.15) is 0 Å². The molecule has 3 atom stereocenters. The van der Waals surface area contributed by atoms with Crippen LogP contribution in [0.5, 0.6) is 0 Å². The van der Waals surface area contributed by atoms with E-state index in [4.69, 9.17) is 4.74 Å². The van der Waals surface area contributed by atoms with Gasteiger partial charge in [0.05, 0.1) is 13.2 Å². The van der Waals surface area contributed by atoms with Gasteiger partial charge in [-0.05, 0) is 45.1 Å². The zero-order valence-corrected chi connectivity index (χ0v) is 12.4. The van der Waals surface area contributed by atoms with Crippen molar-refractivity contribution in [1.82, 2.24) is 10.2 Å². The van der Waals surface area contributed by atoms with Crippen LogP contribution in [0.2, 0.25) is 0 Å². The Kier molecular flexibility index (Phi) is 5.64. The lowest BCUT2D eigenvalue weighted by atomic mass is 9.78. The van der Waals surface area contributed by atoms with Crippen molar-refractivity contribution in [2.75, 3.05) is 26.8 Å². The summed E-state index contributed by atoms with van der Waals surface area (Å²) in [5.41, 5.74) is 0. The van der Waals surface area contributed by atoms with E-state index in [2.05, 4.69) is 10.2 Å². The second kappa shape index (κ2) is 7.25. The maximum Gasteiger partial charge on any atom is 0.234 e. The fraction of sp³-hybridized carbons (Fsp3) is 0.933. The Hall–Kier alpha value is -0.610. The maximum atomic E-state index is 12.1. The Balaban J connectivity index is 1.81. The topological polar surface area (TPSA) is 41.6 Å². The number of hydrogen-bond acceptors (Lipinski definition) is 3. The van der Waals surface area contributed by atoms with Crippen molar-refractivity contribution >= 4 is 5.91 Å². The molecule has 1 aliphatic carbocycles. The molecule has 0 radical (unpaired) electrons. The van der Waals surface area contributed by atoms with Gasteiger partial charge < -0.3 is 10.1 Å². The number of nitrogens with one attached hydrogen (secondary N) is 1. The molecule has 0 aromatic heterocycles. The highest BCUT2D eigenvalue weighted by molar-refractivity contribution is 5.78. The zero-order chi connectivity index (χ0) is 13.7. The molecule has 2 fully saturated rings. The predicted molar refractivity (Wildman–Crippen MR) is 76.0 cm³/mol. The third-order valence-electron chi connectivity index (χ3n) is 4.53. The minimum atomic E-state index is 0.101. The zero-order valence-electron chi connectivity index (χ0n) is 12.4. The summed E-state index contributed by atoms with van der Waals surface area (Å²) in [6, 6.07) is 0.760. The molecule has 1 aliphatic heterocycles. The second-order valence-electron chi connectivity index (χ2n) is 6.15. The number of carbonyl (C=O) groups is 1. The molecule has 19 heavy (non-hydrogen) atoms. The molecule has 0 bridgehead atoms. The van der Waals surface area contributed by atoms with Crippen molar-refractivity contribution in [2.45, 2.75) is 57.5 Å². The van der Waals surface area contributed by atoms with Crippen molar-refractivity contribution in [1.29, 1.82) is 0 Å². The molecule has 1 heterocycles. The van der Waals surface area contributed by atoms with Gasteiger partial charge in [-0.1, -0.05) is 12.8 Å². The second-order valence-corrected chi connectivity index (χ2v) is 6.15. The molecular formula is C15H28N2O2. The van der Waals surface area contributed by atoms with Gasteiger partial charge >= 0.3 is 0 Å². The number of fused-ring (bicyclic) bond motifs is 1. The lowest BCUT2D eigenvalue weighted by Gasteiger charge is -2.43. The summed E-state index contributed by atoms with van der Waals surface area (Å²) in [6.07, 6.45) is 7.98. The van der Waals surface area contributed by atoms with E-state index < -0.39 is 0 Å². The number of carbonyl (C=O) groups excluding carboxylic acids is 1. The maximum absolute atomic E-state index is 12.1. The first kappa shape index (κ1) is 14.8. The van der Waals surface area contributed by atoms with Gasteiger partial charge in [0.25, 0.3) is 0 Å². The standard InChI is InChI=1S/C15H28N2O2/c1-12(11-19-2)16-15(18)10-17-9-5-7-13-6-3-4-8-14(13)17/h12-14H,3-11H2,1-2H3,(H,16,18). The normalized spacial score (nSPS) is 29.6. The molecule has 1 amide bonds. The number of piperidine rings is 1. The molecular weight excluding hydrogens is 240 g/mol. The Bertz CT molecular complexity index is 294. The van der Waals surface area contributed by atoms with E-state index in [1.165, 1.54) is 38.5 Å². The summed E-state index contributed by atoms with van der Waals surface area (Å²) in [5, 5.41) is 3.02. The van der Waals surface area contributed by atoms with Crippen LogP contribution in [0.15, 0.2) is 0 Å². The van der Waals surface area contributed by atoms with Crippen LogP contribution in [0.25, 0.3) is 0 Å². The summed E-state index contributed by atoms with van der Waals surface area (Å²) < 4.78 is 5.05. The average Bonchev–Trinajstić information content (AvgIpc) is 2.39. The smallest absolute Gasteiger partial charge is 0.234 e. The van der Waals surface area contributed by atoms with Crippen molar-refractivity contribution in [3.05, 3.63) is 0 Å². The van der Waals surface area contributed by atoms with E-state index in [-0.39, 0.29) is 11.9 Å². The van der Waals surface area contributed by atoms with Gasteiger partial charge in [0.2, 0.25) is 5.91 Å². The van der Waals surface area contributed by atoms with Crippen LogP contribution in [0.3, 0.4) is 0 Å². The number of nitrogens with zero attached hydrogens (tertiary/aromatic N) is 1. The number of likely N-dealkylation sites (tertiary alicyclic amines) is 1. The molecule has 0 aromatic rings. The SMILES string of the molecule is COCC(C)NC(=O)CN1CCCC2CCCCC21. The molecule has 3 unspecified atom stereocenters. The average molecular weight is 268 g/mol. The van der Waals surface area contributed by atoms with Gasteiger partial charge in [0.15, 0.2) is 0 Å². The lowest BCUT2D eigenvalue weighted by molar-refractivity contribution is -0.124. The Morgan fingerprint density at radius 3 is 2.84 bits per heavy atom. The van der Waals surface area contributed by atoms with E-state index in [1.807, 2.05) is 6.92 Å². The number of amides is 1. The number of rotatable bonds is 5. The Morgan fingerprint density at radius 2 is 2.05 bits per heavy atom. The summed E-state index contributed by atoms with van der Waals surface area (Å²) in [6.45, 7) is 4.22. The summed E-state index contributed by atoms with van der Waals surface area (Å²) in [4.78, 5) is 14.5. The molecule has 110 valence electrons. The lowest BCUT2D eigenvalue weighted by Crippen LogP contribution is -2.51. The van der Waals surface area contributed by atoms with Crippen molar-refractivity contribution in [3.8, 4) is 0 Å². The first-order valence-corrected chi connectivity index (χ1v) is 7.73. The molecule has 2 rings (SSSR count). The van der Waals surface area contributed by atoms with E-state index in [0.29, 0.717) is 19.2 Å². The summed E-state index contributed by atoms with van der Waals surface area (Å²) >= 11 is 0. The molecule has 1 saturated carbocycles. The Labute approximate surface area is 116 Å². The van der Waals surface area contributed by atoms with Crippen LogP contribution < -0.4 is 5.32 Å². The monoisotopic (exact) mass is 268 g/mol. The Morgan fingerprint density at radius 1 is 1.32 bits per heavy atom. The third-order valence-corrected chi connectivity index (χ3v) is 4.53. The predicted octanol–water partition coefficient (Wildman–Crippen LogP) is 1.79. The van der Waals surface area contributed by atoms with Crippen molar-refractivity contribution in [3.63, 3.8) is 0 Å². The van der Waals surface area contributed by atoms with Crippen LogP contribution in [0.4, 0.5) is 0 Å². The minimum absolute atomic E-state index is 0.101. The number of hydrogen-bond donors (Lipinski definition) is 1. The summed E-state index contributed by atoms with van der Waals surface area (Å²) in [7, 11) is 1.67. The van der Waals surface area contributed by atoms with Crippen LogP contribution in [-0.4, -0.2) is 49.7 Å². The first-order valence-electron chi connectivity index (χ1n) is 7.73. The third kappa shape index (κ3) is 4.18. The van der Waals surface area contributed by atoms with E-state index in [0.717, 1.165) is 12.5 Å². The largest absolute Gasteiger partial charge is 0.383 e. The molecule has 4 nitrogen and oxygen atoms in total.